The van der Waals surface area contributed by atoms with Gasteiger partial charge in [0.05, 0.1) is 36.1 Å². The van der Waals surface area contributed by atoms with Gasteiger partial charge in [-0.25, -0.2) is 4.68 Å². The highest BCUT2D eigenvalue weighted by Crippen LogP contribution is 2.54. The van der Waals surface area contributed by atoms with Crippen molar-refractivity contribution in [2.45, 2.75) is 64.1 Å². The van der Waals surface area contributed by atoms with Crippen LogP contribution in [0.3, 0.4) is 0 Å². The molecular weight excluding hydrogens is 524 g/mol. The number of aromatic nitrogens is 3. The number of carbonyl (C=O) groups is 3. The summed E-state index contributed by atoms with van der Waals surface area (Å²) in [5.74, 6) is -2.45. The Morgan fingerprint density at radius 2 is 1.85 bits per heavy atom. The molecule has 4 aliphatic rings. The van der Waals surface area contributed by atoms with Gasteiger partial charge < -0.3 is 24.5 Å². The zero-order valence-electron chi connectivity index (χ0n) is 23.8. The van der Waals surface area contributed by atoms with Crippen LogP contribution in [-0.4, -0.2) is 103 Å². The zero-order valence-corrected chi connectivity index (χ0v) is 23.8. The molecule has 0 radical (unpaired) electrons. The fourth-order valence-corrected chi connectivity index (χ4v) is 7.13. The van der Waals surface area contributed by atoms with Crippen molar-refractivity contribution in [3.8, 4) is 0 Å². The number of hydrogen-bond donors (Lipinski definition) is 1. The van der Waals surface area contributed by atoms with Gasteiger partial charge in [-0.1, -0.05) is 68.8 Å². The molecule has 4 aliphatic heterocycles. The molecule has 41 heavy (non-hydrogen) atoms. The molecule has 3 amide bonds. The Balaban J connectivity index is 1.44. The van der Waals surface area contributed by atoms with E-state index in [2.05, 4.69) is 10.3 Å². The highest BCUT2D eigenvalue weighted by atomic mass is 16.5. The summed E-state index contributed by atoms with van der Waals surface area (Å²) in [6.07, 6.45) is 8.37. The SMILES string of the molecule is CCCN1CC=C[C@H]2O[C@]34C=CCN(Cn5nnc6ccccc65)C(=O)C3N([C@@H](CO)[C@@H](C)CC)C(=O)[C@@H]4[C@H]2C1=O. The Hall–Kier alpha value is -3.57. The van der Waals surface area contributed by atoms with Gasteiger partial charge in [-0.3, -0.25) is 14.4 Å². The van der Waals surface area contributed by atoms with Crippen molar-refractivity contribution >= 4 is 28.8 Å². The van der Waals surface area contributed by atoms with Crippen molar-refractivity contribution in [3.63, 3.8) is 0 Å². The van der Waals surface area contributed by atoms with E-state index in [1.54, 1.807) is 19.4 Å². The van der Waals surface area contributed by atoms with E-state index in [1.807, 2.05) is 69.3 Å². The molecule has 1 N–H and O–H groups in total. The number of para-hydroxylation sites is 1. The van der Waals surface area contributed by atoms with Gasteiger partial charge in [0.25, 0.3) is 5.91 Å². The molecule has 1 aromatic carbocycles. The molecule has 1 spiro atoms. The van der Waals surface area contributed by atoms with Crippen molar-refractivity contribution in [2.24, 2.45) is 17.8 Å². The van der Waals surface area contributed by atoms with Crippen molar-refractivity contribution in [1.29, 1.82) is 0 Å². The molecule has 2 saturated heterocycles. The minimum absolute atomic E-state index is 0.0790. The van der Waals surface area contributed by atoms with E-state index in [0.29, 0.717) is 19.5 Å². The van der Waals surface area contributed by atoms with Gasteiger partial charge in [0, 0.05) is 19.6 Å². The number of carbonyl (C=O) groups excluding carboxylic acids is 3. The number of ether oxygens (including phenoxy) is 1. The van der Waals surface area contributed by atoms with Gasteiger partial charge in [0.2, 0.25) is 11.8 Å². The number of benzene rings is 1. The van der Waals surface area contributed by atoms with Gasteiger partial charge in [0.1, 0.15) is 23.8 Å². The lowest BCUT2D eigenvalue weighted by atomic mass is 9.77. The van der Waals surface area contributed by atoms with Crippen LogP contribution >= 0.6 is 0 Å². The van der Waals surface area contributed by atoms with Crippen LogP contribution < -0.4 is 0 Å². The summed E-state index contributed by atoms with van der Waals surface area (Å²) in [7, 11) is 0. The molecule has 6 rings (SSSR count). The third-order valence-corrected chi connectivity index (χ3v) is 9.33. The lowest BCUT2D eigenvalue weighted by molar-refractivity contribution is -0.153. The second-order valence-corrected chi connectivity index (χ2v) is 11.6. The van der Waals surface area contributed by atoms with Crippen LogP contribution in [0.4, 0.5) is 0 Å². The number of likely N-dealkylation sites (tertiary alicyclic amines) is 1. The minimum Gasteiger partial charge on any atom is -0.394 e. The van der Waals surface area contributed by atoms with E-state index in [-0.39, 0.29) is 43.5 Å². The number of rotatable bonds is 8. The summed E-state index contributed by atoms with van der Waals surface area (Å²) in [4.78, 5) is 48.0. The normalized spacial score (nSPS) is 30.8. The number of aliphatic hydroxyl groups is 1. The van der Waals surface area contributed by atoms with Crippen LogP contribution in [0.25, 0.3) is 11.0 Å². The molecule has 2 fully saturated rings. The summed E-state index contributed by atoms with van der Waals surface area (Å²) in [5, 5.41) is 19.1. The largest absolute Gasteiger partial charge is 0.394 e. The smallest absolute Gasteiger partial charge is 0.250 e. The summed E-state index contributed by atoms with van der Waals surface area (Å²) in [6, 6.07) is 5.90. The van der Waals surface area contributed by atoms with E-state index in [1.165, 1.54) is 0 Å². The van der Waals surface area contributed by atoms with Crippen LogP contribution in [0.5, 0.6) is 0 Å². The molecule has 1 unspecified atom stereocenters. The van der Waals surface area contributed by atoms with Crippen LogP contribution in [0.1, 0.15) is 33.6 Å². The first-order valence-corrected chi connectivity index (χ1v) is 14.7. The maximum absolute atomic E-state index is 14.6. The van der Waals surface area contributed by atoms with E-state index < -0.39 is 35.6 Å². The Bertz CT molecular complexity index is 1400. The summed E-state index contributed by atoms with van der Waals surface area (Å²) >= 11 is 0. The lowest BCUT2D eigenvalue weighted by Gasteiger charge is -2.40. The molecule has 11 nitrogen and oxygen atoms in total. The van der Waals surface area contributed by atoms with Crippen LogP contribution in [-0.2, 0) is 25.8 Å². The van der Waals surface area contributed by atoms with Crippen molar-refractivity contribution < 1.29 is 24.2 Å². The number of amides is 3. The van der Waals surface area contributed by atoms with Crippen LogP contribution in [0.15, 0.2) is 48.6 Å². The van der Waals surface area contributed by atoms with E-state index in [0.717, 1.165) is 17.5 Å². The van der Waals surface area contributed by atoms with E-state index >= 15 is 0 Å². The lowest BCUT2D eigenvalue weighted by Crippen LogP contribution is -2.59. The molecule has 11 heteroatoms. The first-order chi connectivity index (χ1) is 19.9. The predicted octanol–water partition coefficient (Wildman–Crippen LogP) is 1.58. The maximum atomic E-state index is 14.6. The first-order valence-electron chi connectivity index (χ1n) is 14.7. The molecule has 2 aromatic rings. The third kappa shape index (κ3) is 4.20. The monoisotopic (exact) mass is 562 g/mol. The Kier molecular flexibility index (Phi) is 7.19. The number of nitrogens with zero attached hydrogens (tertiary/aromatic N) is 6. The molecule has 1 aromatic heterocycles. The van der Waals surface area contributed by atoms with Gasteiger partial charge in [-0.05, 0) is 24.5 Å². The number of fused-ring (bicyclic) bond motifs is 3. The average Bonchev–Trinajstić information content (AvgIpc) is 3.53. The highest BCUT2D eigenvalue weighted by molar-refractivity contribution is 6.00. The molecule has 0 bridgehead atoms. The molecular formula is C30H38N6O5. The van der Waals surface area contributed by atoms with Crippen molar-refractivity contribution in [3.05, 3.63) is 48.6 Å². The van der Waals surface area contributed by atoms with Crippen molar-refractivity contribution in [1.82, 2.24) is 29.7 Å². The fraction of sp³-hybridized carbons (Fsp3) is 0.567. The predicted molar refractivity (Wildman–Crippen MR) is 150 cm³/mol. The maximum Gasteiger partial charge on any atom is 0.250 e. The second kappa shape index (κ2) is 10.7. The van der Waals surface area contributed by atoms with Crippen LogP contribution in [0.2, 0.25) is 0 Å². The quantitative estimate of drug-likeness (QED) is 0.485. The number of aliphatic hydroxyl groups excluding tert-OH is 1. The summed E-state index contributed by atoms with van der Waals surface area (Å²) in [6.45, 7) is 7.13. The van der Waals surface area contributed by atoms with E-state index in [9.17, 15) is 19.5 Å². The highest BCUT2D eigenvalue weighted by Gasteiger charge is 2.72. The summed E-state index contributed by atoms with van der Waals surface area (Å²) in [5.41, 5.74) is 0.177. The Morgan fingerprint density at radius 1 is 1.07 bits per heavy atom. The zero-order chi connectivity index (χ0) is 28.9. The van der Waals surface area contributed by atoms with Gasteiger partial charge in [-0.15, -0.1) is 5.10 Å². The molecule has 5 heterocycles. The van der Waals surface area contributed by atoms with Crippen molar-refractivity contribution in [2.75, 3.05) is 26.2 Å². The van der Waals surface area contributed by atoms with E-state index in [4.69, 9.17) is 4.74 Å². The standard InChI is InChI=1S/C30H38N6O5/c1-4-14-33-15-8-12-23-24(27(33)38)25-28(39)36(22(17-37)19(3)5-2)26-29(40)34(16-9-13-30(25,26)41-23)18-35-21-11-7-6-10-20(21)31-32-35/h6-13,19,22-26,37H,4-5,14-18H2,1-3H3/t19-,22-,23+,24-,25-,26?,30-/m0/s1. The second-order valence-electron chi connectivity index (χ2n) is 11.6. The van der Waals surface area contributed by atoms with Gasteiger partial charge in [0.15, 0.2) is 0 Å². The Labute approximate surface area is 239 Å². The molecule has 0 saturated carbocycles. The minimum atomic E-state index is -1.33. The average molecular weight is 563 g/mol. The number of hydrogen-bond acceptors (Lipinski definition) is 7. The summed E-state index contributed by atoms with van der Waals surface area (Å²) < 4.78 is 8.39. The Morgan fingerprint density at radius 3 is 2.61 bits per heavy atom. The first kappa shape index (κ1) is 27.6. The van der Waals surface area contributed by atoms with Gasteiger partial charge in [-0.2, -0.15) is 0 Å². The van der Waals surface area contributed by atoms with Crippen LogP contribution in [0, 0.1) is 17.8 Å². The molecule has 218 valence electrons. The molecule has 0 aliphatic carbocycles. The topological polar surface area (TPSA) is 121 Å². The van der Waals surface area contributed by atoms with Gasteiger partial charge >= 0.3 is 0 Å². The third-order valence-electron chi connectivity index (χ3n) is 9.33. The fourth-order valence-electron chi connectivity index (χ4n) is 7.13. The molecule has 7 atom stereocenters.